The second kappa shape index (κ2) is 7.95. The normalized spacial score (nSPS) is 16.4. The number of aryl methyl sites for hydroxylation is 1. The number of aliphatic carboxylic acids is 1. The minimum Gasteiger partial charge on any atom is -0.481 e. The van der Waals surface area contributed by atoms with Gasteiger partial charge < -0.3 is 5.11 Å². The molecule has 0 saturated carbocycles. The SMILES string of the molecule is CCc1ccc([C@H]2CC(c3ccccc3)=NN2C(=O)CCC(=O)O)cc1. The highest BCUT2D eigenvalue weighted by Gasteiger charge is 2.32. The average Bonchev–Trinajstić information content (AvgIpc) is 3.12. The second-order valence-electron chi connectivity index (χ2n) is 6.36. The zero-order valence-corrected chi connectivity index (χ0v) is 14.8. The minimum absolute atomic E-state index is 0.0511. The molecular weight excluding hydrogens is 328 g/mol. The zero-order valence-electron chi connectivity index (χ0n) is 14.8. The molecule has 1 heterocycles. The molecule has 0 bridgehead atoms. The van der Waals surface area contributed by atoms with Crippen LogP contribution in [0.2, 0.25) is 0 Å². The van der Waals surface area contributed by atoms with Crippen LogP contribution < -0.4 is 0 Å². The highest BCUT2D eigenvalue weighted by molar-refractivity contribution is 6.03. The molecule has 0 saturated heterocycles. The number of rotatable bonds is 6. The van der Waals surface area contributed by atoms with Gasteiger partial charge in [0.1, 0.15) is 0 Å². The number of carboxylic acid groups (broad SMARTS) is 1. The first-order chi connectivity index (χ1) is 12.6. The van der Waals surface area contributed by atoms with Crippen LogP contribution in [-0.4, -0.2) is 27.7 Å². The molecule has 0 spiro atoms. The maximum atomic E-state index is 12.6. The standard InChI is InChI=1S/C21H22N2O3/c1-2-15-8-10-17(11-9-15)19-14-18(16-6-4-3-5-7-16)22-23(19)20(24)12-13-21(25)26/h3-11,19H,2,12-14H2,1H3,(H,25,26)/t19-/m1/s1. The van der Waals surface area contributed by atoms with E-state index in [0.29, 0.717) is 6.42 Å². The molecule has 0 aromatic heterocycles. The number of benzene rings is 2. The third-order valence-corrected chi connectivity index (χ3v) is 4.60. The van der Waals surface area contributed by atoms with E-state index in [4.69, 9.17) is 5.11 Å². The van der Waals surface area contributed by atoms with E-state index in [0.717, 1.165) is 23.3 Å². The Balaban J connectivity index is 1.88. The quantitative estimate of drug-likeness (QED) is 0.862. The maximum Gasteiger partial charge on any atom is 0.303 e. The summed E-state index contributed by atoms with van der Waals surface area (Å²) in [6.07, 6.45) is 1.34. The van der Waals surface area contributed by atoms with E-state index in [9.17, 15) is 9.59 Å². The summed E-state index contributed by atoms with van der Waals surface area (Å²) in [5, 5.41) is 14.9. The van der Waals surface area contributed by atoms with E-state index in [-0.39, 0.29) is 24.8 Å². The first kappa shape index (κ1) is 17.9. The molecule has 1 amide bonds. The number of hydrazone groups is 1. The van der Waals surface area contributed by atoms with Crippen molar-refractivity contribution in [2.75, 3.05) is 0 Å². The van der Waals surface area contributed by atoms with Gasteiger partial charge in [-0.1, -0.05) is 61.5 Å². The summed E-state index contributed by atoms with van der Waals surface area (Å²) >= 11 is 0. The Bertz CT molecular complexity index is 813. The lowest BCUT2D eigenvalue weighted by Crippen LogP contribution is -2.27. The van der Waals surface area contributed by atoms with Crippen LogP contribution in [-0.2, 0) is 16.0 Å². The van der Waals surface area contributed by atoms with E-state index in [1.54, 1.807) is 0 Å². The zero-order chi connectivity index (χ0) is 18.5. The minimum atomic E-state index is -0.978. The van der Waals surface area contributed by atoms with Crippen molar-refractivity contribution in [3.8, 4) is 0 Å². The number of hydrogen-bond acceptors (Lipinski definition) is 3. The molecule has 134 valence electrons. The van der Waals surface area contributed by atoms with Crippen LogP contribution in [0, 0.1) is 0 Å². The van der Waals surface area contributed by atoms with Crippen molar-refractivity contribution in [3.63, 3.8) is 0 Å². The fourth-order valence-corrected chi connectivity index (χ4v) is 3.11. The van der Waals surface area contributed by atoms with Crippen LogP contribution >= 0.6 is 0 Å². The highest BCUT2D eigenvalue weighted by atomic mass is 16.4. The van der Waals surface area contributed by atoms with Crippen LogP contribution in [0.3, 0.4) is 0 Å². The third kappa shape index (κ3) is 3.99. The van der Waals surface area contributed by atoms with Gasteiger partial charge in [-0.05, 0) is 23.1 Å². The Hall–Kier alpha value is -2.95. The summed E-state index contributed by atoms with van der Waals surface area (Å²) in [5.74, 6) is -1.24. The number of nitrogens with zero attached hydrogens (tertiary/aromatic N) is 2. The molecule has 2 aromatic rings. The molecule has 26 heavy (non-hydrogen) atoms. The summed E-state index contributed by atoms with van der Waals surface area (Å²) in [7, 11) is 0. The van der Waals surface area contributed by atoms with Crippen molar-refractivity contribution >= 4 is 17.6 Å². The highest BCUT2D eigenvalue weighted by Crippen LogP contribution is 2.33. The van der Waals surface area contributed by atoms with E-state index < -0.39 is 5.97 Å². The van der Waals surface area contributed by atoms with Crippen LogP contribution in [0.1, 0.15) is 48.9 Å². The van der Waals surface area contributed by atoms with Crippen molar-refractivity contribution in [2.24, 2.45) is 5.10 Å². The van der Waals surface area contributed by atoms with E-state index in [1.165, 1.54) is 10.6 Å². The molecule has 1 atom stereocenters. The summed E-state index contributed by atoms with van der Waals surface area (Å²) in [6.45, 7) is 2.10. The number of carbonyl (C=O) groups excluding carboxylic acids is 1. The largest absolute Gasteiger partial charge is 0.481 e. The van der Waals surface area contributed by atoms with Crippen molar-refractivity contribution in [1.82, 2.24) is 5.01 Å². The van der Waals surface area contributed by atoms with Gasteiger partial charge in [-0.2, -0.15) is 5.10 Å². The fraction of sp³-hybridized carbons (Fsp3) is 0.286. The van der Waals surface area contributed by atoms with E-state index >= 15 is 0 Å². The first-order valence-corrected chi connectivity index (χ1v) is 8.84. The molecule has 1 N–H and O–H groups in total. The molecule has 1 aliphatic heterocycles. The topological polar surface area (TPSA) is 70.0 Å². The Morgan fingerprint density at radius 3 is 2.38 bits per heavy atom. The van der Waals surface area contributed by atoms with Gasteiger partial charge in [0.25, 0.3) is 0 Å². The van der Waals surface area contributed by atoms with Gasteiger partial charge >= 0.3 is 5.97 Å². The fourth-order valence-electron chi connectivity index (χ4n) is 3.11. The van der Waals surface area contributed by atoms with E-state index in [2.05, 4.69) is 24.2 Å². The van der Waals surface area contributed by atoms with Gasteiger partial charge in [0.15, 0.2) is 0 Å². The lowest BCUT2D eigenvalue weighted by atomic mass is 9.97. The van der Waals surface area contributed by atoms with Crippen molar-refractivity contribution in [2.45, 2.75) is 38.6 Å². The smallest absolute Gasteiger partial charge is 0.303 e. The van der Waals surface area contributed by atoms with E-state index in [1.807, 2.05) is 42.5 Å². The number of amides is 1. The van der Waals surface area contributed by atoms with Gasteiger partial charge in [-0.25, -0.2) is 5.01 Å². The summed E-state index contributed by atoms with van der Waals surface area (Å²) < 4.78 is 0. The average molecular weight is 350 g/mol. The van der Waals surface area contributed by atoms with Gasteiger partial charge in [0.2, 0.25) is 5.91 Å². The molecule has 0 fully saturated rings. The summed E-state index contributed by atoms with van der Waals surface area (Å²) in [5.41, 5.74) is 4.08. The number of carboxylic acids is 1. The Morgan fingerprint density at radius 2 is 1.77 bits per heavy atom. The molecule has 0 radical (unpaired) electrons. The van der Waals surface area contributed by atoms with Crippen molar-refractivity contribution < 1.29 is 14.7 Å². The summed E-state index contributed by atoms with van der Waals surface area (Å²) in [4.78, 5) is 23.4. The predicted octanol–water partition coefficient (Wildman–Crippen LogP) is 3.79. The lowest BCUT2D eigenvalue weighted by Gasteiger charge is -2.22. The van der Waals surface area contributed by atoms with Crippen LogP contribution in [0.4, 0.5) is 0 Å². The van der Waals surface area contributed by atoms with Gasteiger partial charge in [-0.15, -0.1) is 0 Å². The monoisotopic (exact) mass is 350 g/mol. The molecule has 5 nitrogen and oxygen atoms in total. The Kier molecular flexibility index (Phi) is 5.46. The molecule has 0 aliphatic carbocycles. The predicted molar refractivity (Wildman–Crippen MR) is 99.9 cm³/mol. The van der Waals surface area contributed by atoms with Crippen LogP contribution in [0.15, 0.2) is 59.7 Å². The van der Waals surface area contributed by atoms with Crippen molar-refractivity contribution in [1.29, 1.82) is 0 Å². The van der Waals surface area contributed by atoms with Gasteiger partial charge in [-0.3, -0.25) is 9.59 Å². The lowest BCUT2D eigenvalue weighted by molar-refractivity contribution is -0.141. The van der Waals surface area contributed by atoms with Gasteiger partial charge in [0, 0.05) is 12.8 Å². The van der Waals surface area contributed by atoms with Crippen LogP contribution in [0.25, 0.3) is 0 Å². The Morgan fingerprint density at radius 1 is 1.08 bits per heavy atom. The number of hydrogen-bond donors (Lipinski definition) is 1. The van der Waals surface area contributed by atoms with Crippen molar-refractivity contribution in [3.05, 3.63) is 71.3 Å². The molecule has 2 aromatic carbocycles. The van der Waals surface area contributed by atoms with Gasteiger partial charge in [0.05, 0.1) is 18.2 Å². The maximum absolute atomic E-state index is 12.6. The molecule has 0 unspecified atom stereocenters. The van der Waals surface area contributed by atoms with Crippen LogP contribution in [0.5, 0.6) is 0 Å². The third-order valence-electron chi connectivity index (χ3n) is 4.60. The second-order valence-corrected chi connectivity index (χ2v) is 6.36. The Labute approximate surface area is 153 Å². The molecule has 3 rings (SSSR count). The first-order valence-electron chi connectivity index (χ1n) is 8.84. The molecular formula is C21H22N2O3. The number of carbonyl (C=O) groups is 2. The molecule has 1 aliphatic rings. The summed E-state index contributed by atoms with van der Waals surface area (Å²) in [6, 6.07) is 17.8. The molecule has 5 heteroatoms.